The zero-order chi connectivity index (χ0) is 23.3. The van der Waals surface area contributed by atoms with E-state index in [2.05, 4.69) is 10.2 Å². The van der Waals surface area contributed by atoms with Crippen LogP contribution in [0.1, 0.15) is 61.7 Å². The van der Waals surface area contributed by atoms with Gasteiger partial charge >= 0.3 is 12.1 Å². The van der Waals surface area contributed by atoms with Crippen LogP contribution in [0.15, 0.2) is 16.5 Å². The predicted molar refractivity (Wildman–Crippen MR) is 107 cm³/mol. The number of carbonyl (C=O) groups is 1. The zero-order valence-corrected chi connectivity index (χ0v) is 18.2. The van der Waals surface area contributed by atoms with Crippen molar-refractivity contribution >= 4 is 5.91 Å². The van der Waals surface area contributed by atoms with E-state index in [0.29, 0.717) is 62.0 Å². The number of benzene rings is 1. The summed E-state index contributed by atoms with van der Waals surface area (Å²) in [5.41, 5.74) is 0.336. The second-order valence-electron chi connectivity index (χ2n) is 7.13. The average Bonchev–Trinajstić information content (AvgIpc) is 3.27. The molecule has 176 valence electrons. The van der Waals surface area contributed by atoms with Crippen LogP contribution >= 0.6 is 0 Å². The predicted octanol–water partition coefficient (Wildman–Crippen LogP) is 4.30. The summed E-state index contributed by atoms with van der Waals surface area (Å²) >= 11 is 0. The van der Waals surface area contributed by atoms with Gasteiger partial charge < -0.3 is 23.5 Å². The lowest BCUT2D eigenvalue weighted by Gasteiger charge is -2.31. The molecular formula is C21H26F3N3O5. The molecule has 8 nitrogen and oxygen atoms in total. The molecule has 3 rings (SSSR count). The minimum absolute atomic E-state index is 0.119. The minimum Gasteiger partial charge on any atom is -0.490 e. The molecule has 1 saturated heterocycles. The van der Waals surface area contributed by atoms with E-state index in [1.165, 1.54) is 0 Å². The Bertz CT molecular complexity index is 905. The number of hydrogen-bond donors (Lipinski definition) is 0. The molecule has 1 aliphatic rings. The van der Waals surface area contributed by atoms with Gasteiger partial charge in [-0.05, 0) is 45.7 Å². The van der Waals surface area contributed by atoms with Gasteiger partial charge in [0.15, 0.2) is 11.5 Å². The summed E-state index contributed by atoms with van der Waals surface area (Å²) < 4.78 is 60.2. The maximum atomic E-state index is 13.3. The van der Waals surface area contributed by atoms with E-state index < -0.39 is 18.0 Å². The van der Waals surface area contributed by atoms with Crippen molar-refractivity contribution in [1.82, 2.24) is 15.1 Å². The molecule has 0 radical (unpaired) electrons. The number of amides is 1. The van der Waals surface area contributed by atoms with Crippen molar-refractivity contribution in [2.45, 2.75) is 45.7 Å². The van der Waals surface area contributed by atoms with Crippen LogP contribution in [0.4, 0.5) is 13.2 Å². The summed E-state index contributed by atoms with van der Waals surface area (Å²) in [4.78, 5) is 14.8. The van der Waals surface area contributed by atoms with Crippen molar-refractivity contribution in [3.05, 3.63) is 29.5 Å². The molecule has 0 N–H and O–H groups in total. The lowest BCUT2D eigenvalue weighted by Crippen LogP contribution is -2.39. The molecule has 1 unspecified atom stereocenters. The fourth-order valence-electron chi connectivity index (χ4n) is 3.57. The van der Waals surface area contributed by atoms with Crippen molar-refractivity contribution in [3.8, 4) is 17.2 Å². The SMILES string of the molecule is CCOc1cc(C(=O)N2CCCC(c3nnc(C(F)(F)F)o3)C2)cc(OCC)c1OCC. The number of ether oxygens (including phenoxy) is 3. The van der Waals surface area contributed by atoms with Crippen LogP contribution in [0.2, 0.25) is 0 Å². The first-order chi connectivity index (χ1) is 15.3. The van der Waals surface area contributed by atoms with Crippen LogP contribution in [0.5, 0.6) is 17.2 Å². The lowest BCUT2D eigenvalue weighted by molar-refractivity contribution is -0.157. The Morgan fingerprint density at radius 2 is 1.72 bits per heavy atom. The Balaban J connectivity index is 1.85. The van der Waals surface area contributed by atoms with E-state index in [1.807, 2.05) is 20.8 Å². The molecular weight excluding hydrogens is 431 g/mol. The van der Waals surface area contributed by atoms with Crippen LogP contribution in [0.3, 0.4) is 0 Å². The molecule has 1 aliphatic heterocycles. The average molecular weight is 457 g/mol. The number of carbonyl (C=O) groups excluding carboxylic acids is 1. The largest absolute Gasteiger partial charge is 0.490 e. The van der Waals surface area contributed by atoms with Gasteiger partial charge in [-0.15, -0.1) is 10.2 Å². The smallest absolute Gasteiger partial charge is 0.470 e. The van der Waals surface area contributed by atoms with Crippen LogP contribution < -0.4 is 14.2 Å². The van der Waals surface area contributed by atoms with E-state index in [9.17, 15) is 18.0 Å². The highest BCUT2D eigenvalue weighted by Crippen LogP contribution is 2.40. The molecule has 32 heavy (non-hydrogen) atoms. The van der Waals surface area contributed by atoms with Gasteiger partial charge in [0.2, 0.25) is 11.6 Å². The van der Waals surface area contributed by atoms with E-state index in [4.69, 9.17) is 18.6 Å². The van der Waals surface area contributed by atoms with Gasteiger partial charge in [0.1, 0.15) is 0 Å². The van der Waals surface area contributed by atoms with Crippen LogP contribution in [0, 0.1) is 0 Å². The van der Waals surface area contributed by atoms with Crippen LogP contribution in [0.25, 0.3) is 0 Å². The number of aromatic nitrogens is 2. The molecule has 1 amide bonds. The number of likely N-dealkylation sites (tertiary alicyclic amines) is 1. The normalized spacial score (nSPS) is 16.7. The van der Waals surface area contributed by atoms with Gasteiger partial charge in [-0.3, -0.25) is 4.79 Å². The third kappa shape index (κ3) is 5.25. The first-order valence-electron chi connectivity index (χ1n) is 10.5. The lowest BCUT2D eigenvalue weighted by atomic mass is 9.97. The molecule has 0 aliphatic carbocycles. The molecule has 1 fully saturated rings. The van der Waals surface area contributed by atoms with Crippen molar-refractivity contribution in [1.29, 1.82) is 0 Å². The topological polar surface area (TPSA) is 86.9 Å². The summed E-state index contributed by atoms with van der Waals surface area (Å²) in [5, 5.41) is 6.64. The van der Waals surface area contributed by atoms with E-state index >= 15 is 0 Å². The zero-order valence-electron chi connectivity index (χ0n) is 18.2. The minimum atomic E-state index is -4.71. The first-order valence-corrected chi connectivity index (χ1v) is 10.5. The van der Waals surface area contributed by atoms with Gasteiger partial charge in [0.05, 0.1) is 25.7 Å². The van der Waals surface area contributed by atoms with Crippen LogP contribution in [-0.4, -0.2) is 53.9 Å². The fraction of sp³-hybridized carbons (Fsp3) is 0.571. The van der Waals surface area contributed by atoms with Gasteiger partial charge in [0.25, 0.3) is 5.91 Å². The maximum Gasteiger partial charge on any atom is 0.470 e. The van der Waals surface area contributed by atoms with E-state index in [-0.39, 0.29) is 18.3 Å². The highest BCUT2D eigenvalue weighted by Gasteiger charge is 2.39. The summed E-state index contributed by atoms with van der Waals surface area (Å²) in [6.45, 7) is 7.22. The van der Waals surface area contributed by atoms with Crippen molar-refractivity contribution in [2.24, 2.45) is 0 Å². The third-order valence-electron chi connectivity index (χ3n) is 4.90. The summed E-state index contributed by atoms with van der Waals surface area (Å²) in [7, 11) is 0. The molecule has 1 atom stereocenters. The molecule has 0 bridgehead atoms. The van der Waals surface area contributed by atoms with Crippen molar-refractivity contribution < 1.29 is 36.6 Å². The monoisotopic (exact) mass is 457 g/mol. The number of rotatable bonds is 8. The molecule has 2 aromatic rings. The summed E-state index contributed by atoms with van der Waals surface area (Å²) in [5.74, 6) is -1.06. The number of alkyl halides is 3. The Hall–Kier alpha value is -2.98. The molecule has 1 aromatic carbocycles. The number of nitrogens with zero attached hydrogens (tertiary/aromatic N) is 3. The highest BCUT2D eigenvalue weighted by atomic mass is 19.4. The molecule has 0 saturated carbocycles. The second kappa shape index (κ2) is 10.1. The Kier molecular flexibility index (Phi) is 7.47. The van der Waals surface area contributed by atoms with Crippen molar-refractivity contribution in [3.63, 3.8) is 0 Å². The second-order valence-corrected chi connectivity index (χ2v) is 7.13. The van der Waals surface area contributed by atoms with Crippen LogP contribution in [-0.2, 0) is 6.18 Å². The Morgan fingerprint density at radius 1 is 1.09 bits per heavy atom. The Labute approximate surface area is 183 Å². The third-order valence-corrected chi connectivity index (χ3v) is 4.90. The molecule has 11 heteroatoms. The Morgan fingerprint density at radius 3 is 2.25 bits per heavy atom. The van der Waals surface area contributed by atoms with Gasteiger partial charge in [-0.2, -0.15) is 13.2 Å². The fourth-order valence-corrected chi connectivity index (χ4v) is 3.57. The van der Waals surface area contributed by atoms with Gasteiger partial charge in [-0.1, -0.05) is 0 Å². The highest BCUT2D eigenvalue weighted by molar-refractivity contribution is 5.95. The standard InChI is InChI=1S/C21H26F3N3O5/c1-4-29-15-10-14(11-16(30-5-2)17(15)31-6-3)19(28)27-9-7-8-13(12-27)18-25-26-20(32-18)21(22,23)24/h10-11,13H,4-9,12H2,1-3H3. The van der Waals surface area contributed by atoms with E-state index in [1.54, 1.807) is 17.0 Å². The van der Waals surface area contributed by atoms with Gasteiger partial charge in [0, 0.05) is 18.7 Å². The van der Waals surface area contributed by atoms with E-state index in [0.717, 1.165) is 0 Å². The van der Waals surface area contributed by atoms with Crippen molar-refractivity contribution in [2.75, 3.05) is 32.9 Å². The first kappa shape index (κ1) is 23.7. The summed E-state index contributed by atoms with van der Waals surface area (Å²) in [6.07, 6.45) is -3.57. The molecule has 2 heterocycles. The van der Waals surface area contributed by atoms with Gasteiger partial charge in [-0.25, -0.2) is 0 Å². The maximum absolute atomic E-state index is 13.3. The number of piperidine rings is 1. The summed E-state index contributed by atoms with van der Waals surface area (Å²) in [6, 6.07) is 3.19. The number of hydrogen-bond acceptors (Lipinski definition) is 7. The quantitative estimate of drug-likeness (QED) is 0.584. The molecule has 0 spiro atoms. The molecule has 1 aromatic heterocycles. The number of halogens is 3.